The first-order chi connectivity index (χ1) is 8.34. The van der Waals surface area contributed by atoms with Crippen LogP contribution in [0.3, 0.4) is 0 Å². The number of nitrogens with one attached hydrogen (secondary N) is 1. The average Bonchev–Trinajstić information content (AvgIpc) is 2.86. The lowest BCUT2D eigenvalue weighted by Gasteiger charge is -2.27. The van der Waals surface area contributed by atoms with Gasteiger partial charge >= 0.3 is 0 Å². The van der Waals surface area contributed by atoms with Crippen molar-refractivity contribution in [1.29, 1.82) is 5.41 Å². The molecule has 0 amide bonds. The van der Waals surface area contributed by atoms with Gasteiger partial charge in [-0.25, -0.2) is 0 Å². The van der Waals surface area contributed by atoms with Crippen LogP contribution < -0.4 is 0 Å². The zero-order valence-electron chi connectivity index (χ0n) is 10.2. The minimum atomic E-state index is 0.505. The molecule has 17 heavy (non-hydrogen) atoms. The zero-order valence-corrected chi connectivity index (χ0v) is 10.2. The Labute approximate surface area is 102 Å². The molecule has 3 nitrogen and oxygen atoms in total. The Morgan fingerprint density at radius 1 is 1.29 bits per heavy atom. The van der Waals surface area contributed by atoms with Crippen LogP contribution in [0.4, 0.5) is 0 Å². The summed E-state index contributed by atoms with van der Waals surface area (Å²) in [6, 6.07) is 4.55. The van der Waals surface area contributed by atoms with Crippen molar-refractivity contribution >= 4 is 5.84 Å². The molecule has 3 rings (SSSR count). The van der Waals surface area contributed by atoms with Gasteiger partial charge in [0.2, 0.25) is 0 Å². The molecule has 2 aliphatic carbocycles. The Bertz CT molecular complexity index is 375. The van der Waals surface area contributed by atoms with Crippen molar-refractivity contribution in [2.75, 3.05) is 0 Å². The van der Waals surface area contributed by atoms with E-state index >= 15 is 0 Å². The van der Waals surface area contributed by atoms with Gasteiger partial charge in [0, 0.05) is 12.0 Å². The maximum Gasteiger partial charge on any atom is 0.123 e. The summed E-state index contributed by atoms with van der Waals surface area (Å²) in [4.78, 5) is 2.27. The van der Waals surface area contributed by atoms with Crippen molar-refractivity contribution in [2.45, 2.75) is 51.1 Å². The van der Waals surface area contributed by atoms with E-state index in [1.165, 1.54) is 38.5 Å². The highest BCUT2D eigenvalue weighted by atomic mass is 16.3. The minimum absolute atomic E-state index is 0.505. The summed E-state index contributed by atoms with van der Waals surface area (Å²) >= 11 is 0. The highest BCUT2D eigenvalue weighted by Gasteiger charge is 2.34. The van der Waals surface area contributed by atoms with Crippen LogP contribution in [0.2, 0.25) is 0 Å². The summed E-state index contributed by atoms with van der Waals surface area (Å²) < 4.78 is 5.42. The fourth-order valence-electron chi connectivity index (χ4n) is 2.80. The first kappa shape index (κ1) is 10.9. The third-order valence-corrected chi connectivity index (χ3v) is 3.95. The second-order valence-corrected chi connectivity index (χ2v) is 5.31. The number of hydrogen-bond acceptors (Lipinski definition) is 2. The standard InChI is InChI=1S/C14H20N2O/c15-14(11-4-1-2-5-11)16(12-7-8-12)10-13-6-3-9-17-13/h3,6,9,11-12,15H,1-2,4-5,7-8,10H2. The van der Waals surface area contributed by atoms with Crippen molar-refractivity contribution in [3.63, 3.8) is 0 Å². The van der Waals surface area contributed by atoms with Crippen LogP contribution >= 0.6 is 0 Å². The molecular weight excluding hydrogens is 212 g/mol. The number of hydrogen-bond donors (Lipinski definition) is 1. The van der Waals surface area contributed by atoms with E-state index in [9.17, 15) is 0 Å². The fraction of sp³-hybridized carbons (Fsp3) is 0.643. The highest BCUT2D eigenvalue weighted by molar-refractivity contribution is 5.82. The quantitative estimate of drug-likeness (QED) is 0.638. The van der Waals surface area contributed by atoms with E-state index in [2.05, 4.69) is 4.90 Å². The smallest absolute Gasteiger partial charge is 0.123 e. The molecule has 92 valence electrons. The Hall–Kier alpha value is -1.25. The number of amidine groups is 1. The Kier molecular flexibility index (Phi) is 2.91. The largest absolute Gasteiger partial charge is 0.467 e. The first-order valence-electron chi connectivity index (χ1n) is 6.72. The van der Waals surface area contributed by atoms with E-state index in [-0.39, 0.29) is 0 Å². The summed E-state index contributed by atoms with van der Waals surface area (Å²) in [5.41, 5.74) is 0. The molecule has 2 fully saturated rings. The van der Waals surface area contributed by atoms with Crippen LogP contribution in [0.25, 0.3) is 0 Å². The molecule has 1 aromatic heterocycles. The minimum Gasteiger partial charge on any atom is -0.467 e. The van der Waals surface area contributed by atoms with E-state index in [1.54, 1.807) is 6.26 Å². The van der Waals surface area contributed by atoms with Crippen molar-refractivity contribution in [3.05, 3.63) is 24.2 Å². The third kappa shape index (κ3) is 2.38. The zero-order chi connectivity index (χ0) is 11.7. The van der Waals surface area contributed by atoms with Crippen molar-refractivity contribution in [1.82, 2.24) is 4.90 Å². The molecule has 0 aliphatic heterocycles. The first-order valence-corrected chi connectivity index (χ1v) is 6.72. The second kappa shape index (κ2) is 4.55. The molecule has 2 saturated carbocycles. The summed E-state index contributed by atoms with van der Waals surface area (Å²) in [6.07, 6.45) is 9.23. The average molecular weight is 232 g/mol. The van der Waals surface area contributed by atoms with Crippen molar-refractivity contribution in [2.24, 2.45) is 5.92 Å². The number of rotatable bonds is 4. The van der Waals surface area contributed by atoms with E-state index < -0.39 is 0 Å². The highest BCUT2D eigenvalue weighted by Crippen LogP contribution is 2.34. The van der Waals surface area contributed by atoms with E-state index in [0.29, 0.717) is 12.0 Å². The third-order valence-electron chi connectivity index (χ3n) is 3.95. The van der Waals surface area contributed by atoms with Gasteiger partial charge in [-0.2, -0.15) is 0 Å². The van der Waals surface area contributed by atoms with Gasteiger partial charge in [0.05, 0.1) is 18.6 Å². The molecule has 0 bridgehead atoms. The molecule has 1 N–H and O–H groups in total. The predicted molar refractivity (Wildman–Crippen MR) is 67.0 cm³/mol. The van der Waals surface area contributed by atoms with Crippen LogP contribution in [0.15, 0.2) is 22.8 Å². The molecule has 1 aromatic rings. The molecule has 0 atom stereocenters. The van der Waals surface area contributed by atoms with Crippen molar-refractivity contribution in [3.8, 4) is 0 Å². The van der Waals surface area contributed by atoms with Crippen molar-refractivity contribution < 1.29 is 4.42 Å². The van der Waals surface area contributed by atoms with Gasteiger partial charge in [0.15, 0.2) is 0 Å². The maximum absolute atomic E-state index is 8.40. The topological polar surface area (TPSA) is 40.2 Å². The normalized spacial score (nSPS) is 20.7. The van der Waals surface area contributed by atoms with Crippen LogP contribution in [-0.2, 0) is 6.54 Å². The summed E-state index contributed by atoms with van der Waals surface area (Å²) in [5.74, 6) is 2.35. The SMILES string of the molecule is N=C(C1CCCC1)N(Cc1ccco1)C1CC1. The second-order valence-electron chi connectivity index (χ2n) is 5.31. The molecule has 0 saturated heterocycles. The molecule has 0 spiro atoms. The van der Waals surface area contributed by atoms with Crippen LogP contribution in [0.5, 0.6) is 0 Å². The van der Waals surface area contributed by atoms with Gasteiger partial charge in [-0.05, 0) is 37.8 Å². The van der Waals surface area contributed by atoms with Gasteiger partial charge in [-0.3, -0.25) is 5.41 Å². The van der Waals surface area contributed by atoms with Crippen LogP contribution in [-0.4, -0.2) is 16.8 Å². The molecule has 3 heteroatoms. The van der Waals surface area contributed by atoms with Gasteiger partial charge in [-0.15, -0.1) is 0 Å². The lowest BCUT2D eigenvalue weighted by molar-refractivity contribution is 0.334. The Morgan fingerprint density at radius 3 is 2.65 bits per heavy atom. The summed E-state index contributed by atoms with van der Waals surface area (Å²) in [6.45, 7) is 0.785. The van der Waals surface area contributed by atoms with Crippen LogP contribution in [0, 0.1) is 11.3 Å². The van der Waals surface area contributed by atoms with Gasteiger partial charge in [0.25, 0.3) is 0 Å². The fourth-order valence-corrected chi connectivity index (χ4v) is 2.80. The van der Waals surface area contributed by atoms with E-state index in [0.717, 1.165) is 18.1 Å². The molecule has 0 radical (unpaired) electrons. The van der Waals surface area contributed by atoms with Gasteiger partial charge in [-0.1, -0.05) is 12.8 Å². The molecular formula is C14H20N2O. The van der Waals surface area contributed by atoms with Crippen LogP contribution in [0.1, 0.15) is 44.3 Å². The molecule has 2 aliphatic rings. The Morgan fingerprint density at radius 2 is 2.06 bits per heavy atom. The molecule has 1 heterocycles. The molecule has 0 aromatic carbocycles. The predicted octanol–water partition coefficient (Wildman–Crippen LogP) is 3.41. The Balaban J connectivity index is 1.68. The lowest BCUT2D eigenvalue weighted by Crippen LogP contribution is -2.36. The lowest BCUT2D eigenvalue weighted by atomic mass is 10.1. The van der Waals surface area contributed by atoms with Gasteiger partial charge in [0.1, 0.15) is 5.76 Å². The number of nitrogens with zero attached hydrogens (tertiary/aromatic N) is 1. The number of furan rings is 1. The maximum atomic E-state index is 8.40. The summed E-state index contributed by atoms with van der Waals surface area (Å²) in [7, 11) is 0. The molecule has 0 unspecified atom stereocenters. The van der Waals surface area contributed by atoms with E-state index in [1.807, 2.05) is 12.1 Å². The van der Waals surface area contributed by atoms with E-state index in [4.69, 9.17) is 9.83 Å². The van der Waals surface area contributed by atoms with Gasteiger partial charge < -0.3 is 9.32 Å². The monoisotopic (exact) mass is 232 g/mol. The summed E-state index contributed by atoms with van der Waals surface area (Å²) in [5, 5.41) is 8.40.